The van der Waals surface area contributed by atoms with Crippen molar-refractivity contribution >= 4 is 0 Å². The average Bonchev–Trinajstić information content (AvgIpc) is 2.50. The summed E-state index contributed by atoms with van der Waals surface area (Å²) < 4.78 is 10.7. The second-order valence-electron chi connectivity index (χ2n) is 4.92. The third kappa shape index (κ3) is 1.65. The highest BCUT2D eigenvalue weighted by Crippen LogP contribution is 2.50. The molecular weight excluding hydrogens is 202 g/mol. The van der Waals surface area contributed by atoms with Crippen molar-refractivity contribution in [1.29, 1.82) is 0 Å². The largest absolute Gasteiger partial charge is 0.493 e. The number of ether oxygens (including phenoxy) is 2. The predicted molar refractivity (Wildman–Crippen MR) is 63.4 cm³/mol. The molecule has 3 nitrogen and oxygen atoms in total. The highest BCUT2D eigenvalue weighted by Gasteiger charge is 2.38. The van der Waals surface area contributed by atoms with Crippen LogP contribution in [0.25, 0.3) is 0 Å². The van der Waals surface area contributed by atoms with E-state index in [-0.39, 0.29) is 5.41 Å². The van der Waals surface area contributed by atoms with Crippen LogP contribution >= 0.6 is 0 Å². The normalized spacial score (nSPS) is 22.2. The fourth-order valence-corrected chi connectivity index (χ4v) is 2.61. The van der Waals surface area contributed by atoms with Crippen LogP contribution in [0.4, 0.5) is 0 Å². The maximum Gasteiger partial charge on any atom is 0.161 e. The van der Waals surface area contributed by atoms with Crippen LogP contribution in [0.3, 0.4) is 0 Å². The van der Waals surface area contributed by atoms with E-state index in [4.69, 9.17) is 15.2 Å². The van der Waals surface area contributed by atoms with Crippen molar-refractivity contribution in [2.75, 3.05) is 13.7 Å². The first kappa shape index (κ1) is 11.3. The summed E-state index contributed by atoms with van der Waals surface area (Å²) in [5.41, 5.74) is 9.68. The fourth-order valence-electron chi connectivity index (χ4n) is 2.61. The van der Waals surface area contributed by atoms with Gasteiger partial charge in [0.05, 0.1) is 13.4 Å². The van der Waals surface area contributed by atoms with Crippen LogP contribution in [0, 0.1) is 5.41 Å². The van der Waals surface area contributed by atoms with Gasteiger partial charge in [0.2, 0.25) is 0 Å². The van der Waals surface area contributed by atoms with Crippen molar-refractivity contribution in [2.24, 2.45) is 11.1 Å². The van der Waals surface area contributed by atoms with Gasteiger partial charge >= 0.3 is 0 Å². The highest BCUT2D eigenvalue weighted by molar-refractivity contribution is 5.54. The van der Waals surface area contributed by atoms with E-state index in [0.29, 0.717) is 6.54 Å². The Balaban J connectivity index is 2.48. The van der Waals surface area contributed by atoms with Crippen molar-refractivity contribution in [1.82, 2.24) is 0 Å². The molecule has 0 saturated heterocycles. The van der Waals surface area contributed by atoms with E-state index in [0.717, 1.165) is 18.6 Å². The molecule has 0 spiro atoms. The summed E-state index contributed by atoms with van der Waals surface area (Å²) >= 11 is 0. The number of allylic oxidation sites excluding steroid dienone is 1. The molecule has 0 aromatic carbocycles. The molecule has 1 aliphatic heterocycles. The van der Waals surface area contributed by atoms with Crippen LogP contribution in [0.1, 0.15) is 26.7 Å². The third-order valence-corrected chi connectivity index (χ3v) is 3.32. The molecule has 0 atom stereocenters. The molecule has 1 heterocycles. The van der Waals surface area contributed by atoms with Crippen LogP contribution in [0.2, 0.25) is 0 Å². The molecule has 0 bridgehead atoms. The first-order valence-electron chi connectivity index (χ1n) is 5.63. The molecule has 0 aromatic rings. The SMILES string of the molecule is COC1=COC=C2CC(C)(C)C(CCN)=C21. The zero-order valence-corrected chi connectivity index (χ0v) is 10.2. The molecule has 1 aliphatic carbocycles. The van der Waals surface area contributed by atoms with Gasteiger partial charge in [-0.15, -0.1) is 0 Å². The lowest BCUT2D eigenvalue weighted by Crippen LogP contribution is -2.14. The Morgan fingerprint density at radius 3 is 2.81 bits per heavy atom. The number of hydrogen-bond acceptors (Lipinski definition) is 3. The summed E-state index contributed by atoms with van der Waals surface area (Å²) in [4.78, 5) is 0. The van der Waals surface area contributed by atoms with Gasteiger partial charge in [-0.3, -0.25) is 0 Å². The Labute approximate surface area is 96.6 Å². The van der Waals surface area contributed by atoms with Crippen LogP contribution in [0.15, 0.2) is 35.0 Å². The van der Waals surface area contributed by atoms with Gasteiger partial charge < -0.3 is 15.2 Å². The van der Waals surface area contributed by atoms with Crippen molar-refractivity contribution < 1.29 is 9.47 Å². The lowest BCUT2D eigenvalue weighted by molar-refractivity contribution is 0.265. The Hall–Kier alpha value is -1.22. The number of nitrogens with two attached hydrogens (primary N) is 1. The number of rotatable bonds is 3. The molecule has 0 aromatic heterocycles. The number of fused-ring (bicyclic) bond motifs is 1. The Morgan fingerprint density at radius 1 is 1.44 bits per heavy atom. The van der Waals surface area contributed by atoms with Crippen LogP contribution < -0.4 is 5.73 Å². The summed E-state index contributed by atoms with van der Waals surface area (Å²) in [6.45, 7) is 5.17. The molecule has 0 amide bonds. The van der Waals surface area contributed by atoms with E-state index >= 15 is 0 Å². The standard InChI is InChI=1S/C13H19NO2/c1-13(2)6-9-7-16-8-11(15-3)12(9)10(13)4-5-14/h7-8H,4-6,14H2,1-3H3. The molecule has 88 valence electrons. The van der Waals surface area contributed by atoms with Gasteiger partial charge in [-0.2, -0.15) is 0 Å². The van der Waals surface area contributed by atoms with Gasteiger partial charge in [0, 0.05) is 5.57 Å². The van der Waals surface area contributed by atoms with E-state index in [1.54, 1.807) is 13.4 Å². The van der Waals surface area contributed by atoms with Gasteiger partial charge in [0.1, 0.15) is 6.26 Å². The van der Waals surface area contributed by atoms with Crippen LogP contribution in [-0.4, -0.2) is 13.7 Å². The van der Waals surface area contributed by atoms with Crippen LogP contribution in [0.5, 0.6) is 0 Å². The molecule has 0 saturated carbocycles. The van der Waals surface area contributed by atoms with Crippen molar-refractivity contribution in [3.63, 3.8) is 0 Å². The molecule has 2 aliphatic rings. The summed E-state index contributed by atoms with van der Waals surface area (Å²) in [7, 11) is 1.68. The van der Waals surface area contributed by atoms with Gasteiger partial charge in [0.25, 0.3) is 0 Å². The quantitative estimate of drug-likeness (QED) is 0.796. The summed E-state index contributed by atoms with van der Waals surface area (Å²) in [6.07, 6.45) is 5.40. The first-order valence-corrected chi connectivity index (χ1v) is 5.63. The minimum atomic E-state index is 0.159. The lowest BCUT2D eigenvalue weighted by atomic mass is 9.83. The van der Waals surface area contributed by atoms with E-state index in [1.807, 2.05) is 6.26 Å². The molecule has 16 heavy (non-hydrogen) atoms. The zero-order valence-electron chi connectivity index (χ0n) is 10.2. The van der Waals surface area contributed by atoms with E-state index < -0.39 is 0 Å². The summed E-state index contributed by atoms with van der Waals surface area (Å²) in [5.74, 6) is 0.825. The number of hydrogen-bond donors (Lipinski definition) is 1. The zero-order chi connectivity index (χ0) is 11.8. The monoisotopic (exact) mass is 221 g/mol. The first-order chi connectivity index (χ1) is 7.60. The Morgan fingerprint density at radius 2 is 2.19 bits per heavy atom. The summed E-state index contributed by atoms with van der Waals surface area (Å²) in [6, 6.07) is 0. The summed E-state index contributed by atoms with van der Waals surface area (Å²) in [5, 5.41) is 0. The van der Waals surface area contributed by atoms with E-state index in [9.17, 15) is 0 Å². The molecule has 0 fully saturated rings. The average molecular weight is 221 g/mol. The minimum absolute atomic E-state index is 0.159. The molecule has 0 unspecified atom stereocenters. The second kappa shape index (κ2) is 3.98. The fraction of sp³-hybridized carbons (Fsp3) is 0.538. The van der Waals surface area contributed by atoms with Gasteiger partial charge in [-0.05, 0) is 30.4 Å². The lowest BCUT2D eigenvalue weighted by Gasteiger charge is -2.22. The van der Waals surface area contributed by atoms with Gasteiger partial charge in [-0.1, -0.05) is 19.4 Å². The highest BCUT2D eigenvalue weighted by atomic mass is 16.5. The maximum atomic E-state index is 5.69. The maximum absolute atomic E-state index is 5.69. The topological polar surface area (TPSA) is 44.5 Å². The van der Waals surface area contributed by atoms with E-state index in [2.05, 4.69) is 13.8 Å². The molecule has 2 N–H and O–H groups in total. The van der Waals surface area contributed by atoms with Crippen molar-refractivity contribution in [3.8, 4) is 0 Å². The predicted octanol–water partition coefficient (Wildman–Crippen LogP) is 2.46. The van der Waals surface area contributed by atoms with Gasteiger partial charge in [-0.25, -0.2) is 0 Å². The smallest absolute Gasteiger partial charge is 0.161 e. The van der Waals surface area contributed by atoms with E-state index in [1.165, 1.54) is 16.7 Å². The van der Waals surface area contributed by atoms with Crippen LogP contribution in [-0.2, 0) is 9.47 Å². The Kier molecular flexibility index (Phi) is 2.80. The van der Waals surface area contributed by atoms with Crippen molar-refractivity contribution in [3.05, 3.63) is 35.0 Å². The third-order valence-electron chi connectivity index (χ3n) is 3.32. The molecule has 3 heteroatoms. The molecule has 0 radical (unpaired) electrons. The molecular formula is C13H19NO2. The van der Waals surface area contributed by atoms with Crippen molar-refractivity contribution in [2.45, 2.75) is 26.7 Å². The minimum Gasteiger partial charge on any atom is -0.493 e. The second-order valence-corrected chi connectivity index (χ2v) is 4.92. The Bertz CT molecular complexity index is 389. The number of methoxy groups -OCH3 is 1. The van der Waals surface area contributed by atoms with Gasteiger partial charge in [0.15, 0.2) is 5.76 Å². The molecule has 2 rings (SSSR count).